The second-order valence-electron chi connectivity index (χ2n) is 10.3. The van der Waals surface area contributed by atoms with Gasteiger partial charge >= 0.3 is 5.97 Å². The molecule has 1 aliphatic carbocycles. The van der Waals surface area contributed by atoms with Crippen LogP contribution in [0.5, 0.6) is 0 Å². The number of allylic oxidation sites excluding steroid dienone is 8. The van der Waals surface area contributed by atoms with Gasteiger partial charge in [0.05, 0.1) is 26.2 Å². The van der Waals surface area contributed by atoms with Gasteiger partial charge in [0.1, 0.15) is 17.3 Å². The number of carbonyl (C=O) groups excluding carboxylic acids is 2. The molecule has 0 aromatic carbocycles. The molecule has 0 atom stereocenters. The second-order valence-corrected chi connectivity index (χ2v) is 10.3. The van der Waals surface area contributed by atoms with Gasteiger partial charge in [0.2, 0.25) is 11.7 Å². The molecule has 236 valence electrons. The first kappa shape index (κ1) is 38.5. The van der Waals surface area contributed by atoms with Crippen molar-refractivity contribution < 1.29 is 23.8 Å². The molecule has 0 bridgehead atoms. The summed E-state index contributed by atoms with van der Waals surface area (Å²) in [5, 5.41) is 3.07. The minimum atomic E-state index is -0.224. The zero-order valence-corrected chi connectivity index (χ0v) is 27.4. The summed E-state index contributed by atoms with van der Waals surface area (Å²) in [5.41, 5.74) is 7.18. The summed E-state index contributed by atoms with van der Waals surface area (Å²) < 4.78 is 15.8. The van der Waals surface area contributed by atoms with Gasteiger partial charge in [-0.25, -0.2) is 0 Å². The molecule has 0 saturated heterocycles. The van der Waals surface area contributed by atoms with Gasteiger partial charge in [-0.2, -0.15) is 4.99 Å². The topological polar surface area (TPSA) is 112 Å². The van der Waals surface area contributed by atoms with Crippen LogP contribution in [0.3, 0.4) is 0 Å². The molecule has 1 rings (SSSR count). The molecule has 0 radical (unpaired) electrons. The van der Waals surface area contributed by atoms with Crippen LogP contribution in [0, 0.1) is 5.92 Å². The summed E-state index contributed by atoms with van der Waals surface area (Å²) in [6.07, 6.45) is 21.5. The fourth-order valence-corrected chi connectivity index (χ4v) is 3.85. The lowest BCUT2D eigenvalue weighted by Crippen LogP contribution is -2.25. The van der Waals surface area contributed by atoms with E-state index in [1.807, 2.05) is 52.0 Å². The van der Waals surface area contributed by atoms with Crippen molar-refractivity contribution in [3.05, 3.63) is 71.1 Å². The normalized spacial score (nSPS) is 16.2. The van der Waals surface area contributed by atoms with Gasteiger partial charge in [-0.05, 0) is 90.2 Å². The molecule has 1 aliphatic rings. The first-order valence-corrected chi connectivity index (χ1v) is 15.1. The monoisotopic (exact) mass is 585 g/mol. The van der Waals surface area contributed by atoms with Crippen LogP contribution in [0.4, 0.5) is 0 Å². The molecule has 8 heteroatoms. The molecule has 0 heterocycles. The number of ether oxygens (including phenoxy) is 3. The molecule has 0 unspecified atom stereocenters. The summed E-state index contributed by atoms with van der Waals surface area (Å²) in [4.78, 5) is 28.5. The number of hydrogen-bond acceptors (Lipinski definition) is 8. The maximum absolute atomic E-state index is 13.0. The quantitative estimate of drug-likeness (QED) is 0.0540. The Bertz CT molecular complexity index is 1040. The molecule has 0 aromatic rings. The average Bonchev–Trinajstić information content (AvgIpc) is 2.98. The van der Waals surface area contributed by atoms with Crippen molar-refractivity contribution in [3.8, 4) is 0 Å². The highest BCUT2D eigenvalue weighted by atomic mass is 16.5. The largest absolute Gasteiger partial charge is 0.497 e. The number of nitrogens with one attached hydrogen (secondary N) is 1. The third kappa shape index (κ3) is 16.7. The maximum Gasteiger partial charge on any atom is 0.308 e. The molecule has 0 aromatic heterocycles. The van der Waals surface area contributed by atoms with Crippen molar-refractivity contribution >= 4 is 17.7 Å². The molecule has 3 N–H and O–H groups in total. The van der Waals surface area contributed by atoms with Crippen LogP contribution in [0.25, 0.3) is 0 Å². The van der Waals surface area contributed by atoms with Crippen LogP contribution in [0.1, 0.15) is 99.8 Å². The number of carbonyl (C=O) groups is 2. The van der Waals surface area contributed by atoms with Crippen molar-refractivity contribution in [2.45, 2.75) is 106 Å². The Balaban J connectivity index is 0.00000140. The summed E-state index contributed by atoms with van der Waals surface area (Å²) in [6, 6.07) is 0. The predicted octanol–water partition coefficient (Wildman–Crippen LogP) is 7.56. The van der Waals surface area contributed by atoms with Crippen LogP contribution >= 0.6 is 0 Å². The number of esters is 1. The van der Waals surface area contributed by atoms with Crippen molar-refractivity contribution in [2.75, 3.05) is 14.2 Å². The molecule has 1 saturated carbocycles. The molecule has 0 aliphatic heterocycles. The van der Waals surface area contributed by atoms with Gasteiger partial charge in [0, 0.05) is 5.70 Å². The van der Waals surface area contributed by atoms with Gasteiger partial charge < -0.3 is 25.3 Å². The van der Waals surface area contributed by atoms with Crippen LogP contribution in [0.2, 0.25) is 0 Å². The summed E-state index contributed by atoms with van der Waals surface area (Å²) in [6.45, 7) is 13.3. The maximum atomic E-state index is 13.0. The van der Waals surface area contributed by atoms with Crippen LogP contribution in [0.15, 0.2) is 76.1 Å². The zero-order valence-electron chi connectivity index (χ0n) is 27.4. The van der Waals surface area contributed by atoms with E-state index in [0.29, 0.717) is 28.7 Å². The number of Topliss-reactive ketones (excluding diaryl/α,β-unsaturated/α-hetero) is 1. The first-order valence-electron chi connectivity index (χ1n) is 15.1. The van der Waals surface area contributed by atoms with Crippen LogP contribution in [-0.2, 0) is 23.8 Å². The van der Waals surface area contributed by atoms with E-state index in [2.05, 4.69) is 22.0 Å². The van der Waals surface area contributed by atoms with E-state index in [0.717, 1.165) is 32.1 Å². The Morgan fingerprint density at radius 2 is 1.67 bits per heavy atom. The van der Waals surface area contributed by atoms with Crippen LogP contribution in [-0.4, -0.2) is 38.0 Å². The van der Waals surface area contributed by atoms with Crippen molar-refractivity contribution in [1.29, 1.82) is 0 Å². The van der Waals surface area contributed by atoms with E-state index >= 15 is 0 Å². The standard InChI is InChI=1S/C26H41N3O3.C8H14O2/c1-9-12-14-16-24(32-19(4)5)28-23(11-3)29-25(21(7)27)26(30)20(6)17-18-22(31-8)15-13-10-2;1-10-8(9)7-5-3-2-4-6-7/h11,13-19,29H,9-10,12,27H2,1-8H3;7H,2-6H2,1H3/b15-13+,16-14+,20-17+,22-18+,23-11+,25-21+,28-24+;. The molecular formula is C34H55N3O5. The van der Waals surface area contributed by atoms with Gasteiger partial charge in [-0.3, -0.25) is 9.59 Å². The Morgan fingerprint density at radius 3 is 2.17 bits per heavy atom. The Kier molecular flexibility index (Phi) is 21.1. The number of aliphatic imine (C=N–C) groups is 1. The van der Waals surface area contributed by atoms with Gasteiger partial charge in [0.25, 0.3) is 0 Å². The third-order valence-corrected chi connectivity index (χ3v) is 6.20. The Hall–Kier alpha value is -3.55. The molecule has 8 nitrogen and oxygen atoms in total. The minimum Gasteiger partial charge on any atom is -0.497 e. The molecule has 0 amide bonds. The highest BCUT2D eigenvalue weighted by Gasteiger charge is 2.21. The number of methoxy groups -OCH3 is 2. The minimum absolute atomic E-state index is 0.0142. The number of hydrogen-bond donors (Lipinski definition) is 2. The van der Waals surface area contributed by atoms with E-state index in [4.69, 9.17) is 15.2 Å². The highest BCUT2D eigenvalue weighted by Crippen LogP contribution is 2.24. The van der Waals surface area contributed by atoms with E-state index < -0.39 is 0 Å². The van der Waals surface area contributed by atoms with Gasteiger partial charge in [-0.15, -0.1) is 0 Å². The third-order valence-electron chi connectivity index (χ3n) is 6.20. The predicted molar refractivity (Wildman–Crippen MR) is 173 cm³/mol. The number of rotatable bonds is 14. The van der Waals surface area contributed by atoms with E-state index in [9.17, 15) is 9.59 Å². The van der Waals surface area contributed by atoms with Gasteiger partial charge in [0.15, 0.2) is 0 Å². The van der Waals surface area contributed by atoms with Crippen molar-refractivity contribution in [1.82, 2.24) is 5.32 Å². The lowest BCUT2D eigenvalue weighted by molar-refractivity contribution is -0.146. The number of ketones is 1. The second kappa shape index (κ2) is 23.1. The fourth-order valence-electron chi connectivity index (χ4n) is 3.85. The Morgan fingerprint density at radius 1 is 1.00 bits per heavy atom. The fraction of sp³-hybridized carbons (Fsp3) is 0.559. The molecule has 0 spiro atoms. The number of nitrogens with two attached hydrogens (primary N) is 1. The van der Waals surface area contributed by atoms with E-state index in [1.165, 1.54) is 26.4 Å². The summed E-state index contributed by atoms with van der Waals surface area (Å²) >= 11 is 0. The zero-order chi connectivity index (χ0) is 31.9. The molecule has 1 fully saturated rings. The van der Waals surface area contributed by atoms with E-state index in [-0.39, 0.29) is 29.5 Å². The van der Waals surface area contributed by atoms with Gasteiger partial charge in [-0.1, -0.05) is 57.8 Å². The smallest absolute Gasteiger partial charge is 0.308 e. The number of unbranched alkanes of at least 4 members (excludes halogenated alkanes) is 1. The molecule has 42 heavy (non-hydrogen) atoms. The summed E-state index contributed by atoms with van der Waals surface area (Å²) in [5.74, 6) is 1.58. The van der Waals surface area contributed by atoms with Crippen molar-refractivity contribution in [2.24, 2.45) is 16.6 Å². The Labute approximate surface area is 254 Å². The SMILES string of the molecule is COC(=O)C1CCCCC1.C\C=C(/N=C(\C=C\CCC)OC(C)C)N/C(C(=O)/C(C)=C/C=C(\C=C\CC)OC)=C(\C)N. The lowest BCUT2D eigenvalue weighted by Gasteiger charge is -2.18. The van der Waals surface area contributed by atoms with Crippen molar-refractivity contribution in [3.63, 3.8) is 0 Å². The average molecular weight is 586 g/mol. The van der Waals surface area contributed by atoms with E-state index in [1.54, 1.807) is 39.2 Å². The highest BCUT2D eigenvalue weighted by molar-refractivity contribution is 6.08. The first-order chi connectivity index (χ1) is 20.0. The summed E-state index contributed by atoms with van der Waals surface area (Å²) in [7, 11) is 3.06. The number of nitrogens with zero attached hydrogens (tertiary/aromatic N) is 1. The lowest BCUT2D eigenvalue weighted by atomic mass is 9.89. The molecular weight excluding hydrogens is 530 g/mol. The van der Waals surface area contributed by atoms with Crippen LogP contribution < -0.4 is 11.1 Å².